The highest BCUT2D eigenvalue weighted by Gasteiger charge is 2.33. The van der Waals surface area contributed by atoms with Crippen LogP contribution >= 0.6 is 43.2 Å². The van der Waals surface area contributed by atoms with Gasteiger partial charge in [-0.3, -0.25) is 9.36 Å². The lowest BCUT2D eigenvalue weighted by atomic mass is 9.96. The second kappa shape index (κ2) is 11.7. The first kappa shape index (κ1) is 27.8. The van der Waals surface area contributed by atoms with Crippen LogP contribution in [0.2, 0.25) is 0 Å². The van der Waals surface area contributed by atoms with Gasteiger partial charge >= 0.3 is 11.9 Å². The summed E-state index contributed by atoms with van der Waals surface area (Å²) in [5, 5.41) is 8.84. The molecule has 2 aromatic carbocycles. The van der Waals surface area contributed by atoms with E-state index in [2.05, 4.69) is 36.9 Å². The Bertz CT molecular complexity index is 1640. The molecule has 4 rings (SSSR count). The predicted octanol–water partition coefficient (Wildman–Crippen LogP) is 3.80. The van der Waals surface area contributed by atoms with E-state index in [1.165, 1.54) is 15.9 Å². The number of aliphatic carboxylic acids is 1. The van der Waals surface area contributed by atoms with E-state index >= 15 is 0 Å². The summed E-state index contributed by atoms with van der Waals surface area (Å²) in [6.07, 6.45) is 1.71. The van der Waals surface area contributed by atoms with Gasteiger partial charge in [0.15, 0.2) is 11.4 Å². The Morgan fingerprint density at radius 3 is 2.50 bits per heavy atom. The molecule has 198 valence electrons. The Labute approximate surface area is 237 Å². The van der Waals surface area contributed by atoms with Gasteiger partial charge in [0.25, 0.3) is 5.56 Å². The largest absolute Gasteiger partial charge is 0.496 e. The van der Waals surface area contributed by atoms with Crippen LogP contribution in [-0.4, -0.2) is 41.9 Å². The number of fused-ring (bicyclic) bond motifs is 1. The number of hydrogen-bond acceptors (Lipinski definition) is 8. The second-order valence-electron chi connectivity index (χ2n) is 8.07. The molecule has 0 spiro atoms. The van der Waals surface area contributed by atoms with Crippen LogP contribution in [-0.2, 0) is 14.3 Å². The van der Waals surface area contributed by atoms with Crippen LogP contribution in [0.4, 0.5) is 0 Å². The maximum absolute atomic E-state index is 13.7. The van der Waals surface area contributed by atoms with E-state index in [-0.39, 0.29) is 17.7 Å². The molecular formula is C26H22Br2N2O7S. The molecule has 0 amide bonds. The number of hydrogen-bond donors (Lipinski definition) is 1. The molecule has 1 aliphatic heterocycles. The third-order valence-corrected chi connectivity index (χ3v) is 7.84. The second-order valence-corrected chi connectivity index (χ2v) is 10.8. The van der Waals surface area contributed by atoms with Crippen molar-refractivity contribution in [2.75, 3.05) is 20.3 Å². The molecular weight excluding hydrogens is 644 g/mol. The minimum absolute atomic E-state index is 0.181. The van der Waals surface area contributed by atoms with Gasteiger partial charge in [0.1, 0.15) is 11.5 Å². The van der Waals surface area contributed by atoms with Crippen LogP contribution in [0.3, 0.4) is 0 Å². The highest BCUT2D eigenvalue weighted by molar-refractivity contribution is 9.10. The van der Waals surface area contributed by atoms with Crippen molar-refractivity contribution in [3.63, 3.8) is 0 Å². The standard InChI is InChI=1S/C26H22Br2N2O7S/c1-4-36-25(34)22-13(2)29-26-30(23(22)15-6-8-18(35-3)17(28)11-15)24(33)20(38-26)10-14-5-7-19(16(27)9-14)37-12-21(31)32/h5-11,23H,4,12H2,1-3H3,(H,31,32)/b20-10+/t23-/m0/s1. The summed E-state index contributed by atoms with van der Waals surface area (Å²) in [5.74, 6) is -0.648. The third kappa shape index (κ3) is 5.62. The number of carboxylic acids is 1. The summed E-state index contributed by atoms with van der Waals surface area (Å²) in [6, 6.07) is 9.68. The highest BCUT2D eigenvalue weighted by atomic mass is 79.9. The van der Waals surface area contributed by atoms with Crippen molar-refractivity contribution in [2.24, 2.45) is 4.99 Å². The lowest BCUT2D eigenvalue weighted by Crippen LogP contribution is -2.39. The maximum atomic E-state index is 13.7. The van der Waals surface area contributed by atoms with E-state index in [1.54, 1.807) is 57.4 Å². The highest BCUT2D eigenvalue weighted by Crippen LogP contribution is 2.35. The lowest BCUT2D eigenvalue weighted by Gasteiger charge is -2.25. The van der Waals surface area contributed by atoms with E-state index in [0.29, 0.717) is 46.6 Å². The molecule has 0 fully saturated rings. The zero-order valence-corrected chi connectivity index (χ0v) is 24.5. The maximum Gasteiger partial charge on any atom is 0.341 e. The molecule has 0 bridgehead atoms. The Morgan fingerprint density at radius 1 is 1.16 bits per heavy atom. The fourth-order valence-corrected chi connectivity index (χ4v) is 6.09. The number of thiazole rings is 1. The fraction of sp³-hybridized carbons (Fsp3) is 0.231. The van der Waals surface area contributed by atoms with Crippen LogP contribution in [0.1, 0.15) is 31.0 Å². The molecule has 2 heterocycles. The van der Waals surface area contributed by atoms with Crippen molar-refractivity contribution in [1.82, 2.24) is 4.57 Å². The molecule has 1 N–H and O–H groups in total. The van der Waals surface area contributed by atoms with Gasteiger partial charge in [0.05, 0.1) is 44.5 Å². The zero-order chi connectivity index (χ0) is 27.6. The van der Waals surface area contributed by atoms with Gasteiger partial charge in [0, 0.05) is 0 Å². The molecule has 0 unspecified atom stereocenters. The summed E-state index contributed by atoms with van der Waals surface area (Å²) in [4.78, 5) is 42.6. The summed E-state index contributed by atoms with van der Waals surface area (Å²) in [6.45, 7) is 3.15. The Morgan fingerprint density at radius 2 is 1.87 bits per heavy atom. The Hall–Kier alpha value is -3.22. The van der Waals surface area contributed by atoms with Gasteiger partial charge in [0.2, 0.25) is 0 Å². The SMILES string of the molecule is CCOC(=O)C1=C(C)N=c2s/c(=C/c3ccc(OCC(=O)O)c(Br)c3)c(=O)n2[C@H]1c1ccc(OC)c(Br)c1. The van der Waals surface area contributed by atoms with Crippen molar-refractivity contribution >= 4 is 61.2 Å². The molecule has 1 aliphatic rings. The van der Waals surface area contributed by atoms with Gasteiger partial charge in [-0.15, -0.1) is 0 Å². The fourth-order valence-electron chi connectivity index (χ4n) is 3.97. The van der Waals surface area contributed by atoms with Gasteiger partial charge in [-0.25, -0.2) is 14.6 Å². The molecule has 0 aliphatic carbocycles. The molecule has 1 atom stereocenters. The third-order valence-electron chi connectivity index (χ3n) is 5.61. The smallest absolute Gasteiger partial charge is 0.341 e. The number of carboxylic acid groups (broad SMARTS) is 1. The number of aromatic nitrogens is 1. The van der Waals surface area contributed by atoms with Crippen LogP contribution < -0.4 is 24.4 Å². The zero-order valence-electron chi connectivity index (χ0n) is 20.5. The first-order valence-electron chi connectivity index (χ1n) is 11.3. The van der Waals surface area contributed by atoms with Gasteiger partial charge in [-0.05, 0) is 87.2 Å². The average molecular weight is 666 g/mol. The van der Waals surface area contributed by atoms with Gasteiger partial charge in [-0.1, -0.05) is 23.5 Å². The van der Waals surface area contributed by atoms with Crippen LogP contribution in [0.25, 0.3) is 6.08 Å². The van der Waals surface area contributed by atoms with Crippen molar-refractivity contribution in [3.05, 3.63) is 87.4 Å². The minimum Gasteiger partial charge on any atom is -0.496 e. The van der Waals surface area contributed by atoms with Gasteiger partial charge < -0.3 is 19.3 Å². The summed E-state index contributed by atoms with van der Waals surface area (Å²) >= 11 is 8.08. The van der Waals surface area contributed by atoms with Crippen molar-refractivity contribution in [1.29, 1.82) is 0 Å². The predicted molar refractivity (Wildman–Crippen MR) is 148 cm³/mol. The molecule has 1 aromatic heterocycles. The first-order chi connectivity index (χ1) is 18.1. The Balaban J connectivity index is 1.86. The summed E-state index contributed by atoms with van der Waals surface area (Å²) in [7, 11) is 1.56. The normalized spacial score (nSPS) is 15.1. The number of allylic oxidation sites excluding steroid dienone is 1. The number of halogens is 2. The van der Waals surface area contributed by atoms with Crippen LogP contribution in [0, 0.1) is 0 Å². The number of carbonyl (C=O) groups is 2. The van der Waals surface area contributed by atoms with Crippen molar-refractivity contribution in [2.45, 2.75) is 19.9 Å². The van der Waals surface area contributed by atoms with E-state index < -0.39 is 24.6 Å². The number of ether oxygens (including phenoxy) is 3. The number of rotatable bonds is 8. The van der Waals surface area contributed by atoms with Crippen molar-refractivity contribution < 1.29 is 28.9 Å². The number of benzene rings is 2. The molecule has 12 heteroatoms. The lowest BCUT2D eigenvalue weighted by molar-refractivity contribution is -0.140. The van der Waals surface area contributed by atoms with Crippen LogP contribution in [0.15, 0.2) is 66.4 Å². The number of methoxy groups -OCH3 is 1. The monoisotopic (exact) mass is 664 g/mol. The molecule has 0 saturated carbocycles. The van der Waals surface area contributed by atoms with E-state index in [9.17, 15) is 14.4 Å². The van der Waals surface area contributed by atoms with Crippen molar-refractivity contribution in [3.8, 4) is 11.5 Å². The first-order valence-corrected chi connectivity index (χ1v) is 13.7. The molecule has 0 radical (unpaired) electrons. The molecule has 9 nitrogen and oxygen atoms in total. The molecule has 38 heavy (non-hydrogen) atoms. The summed E-state index contributed by atoms with van der Waals surface area (Å²) in [5.41, 5.74) is 1.81. The molecule has 3 aromatic rings. The summed E-state index contributed by atoms with van der Waals surface area (Å²) < 4.78 is 19.1. The number of carbonyl (C=O) groups excluding carboxylic acids is 1. The number of esters is 1. The average Bonchev–Trinajstić information content (AvgIpc) is 3.16. The molecule has 0 saturated heterocycles. The topological polar surface area (TPSA) is 116 Å². The Kier molecular flexibility index (Phi) is 8.54. The van der Waals surface area contributed by atoms with E-state index in [1.807, 2.05) is 6.07 Å². The van der Waals surface area contributed by atoms with Crippen LogP contribution in [0.5, 0.6) is 11.5 Å². The number of nitrogens with zero attached hydrogens (tertiary/aromatic N) is 2. The van der Waals surface area contributed by atoms with Gasteiger partial charge in [-0.2, -0.15) is 0 Å². The quantitative estimate of drug-likeness (QED) is 0.364. The minimum atomic E-state index is -1.09. The van der Waals surface area contributed by atoms with E-state index in [4.69, 9.17) is 19.3 Å². The van der Waals surface area contributed by atoms with E-state index in [0.717, 1.165) is 0 Å².